The van der Waals surface area contributed by atoms with Crippen molar-refractivity contribution in [1.82, 2.24) is 4.90 Å². The highest BCUT2D eigenvalue weighted by Crippen LogP contribution is 2.20. The van der Waals surface area contributed by atoms with Crippen LogP contribution in [0.1, 0.15) is 18.4 Å². The van der Waals surface area contributed by atoms with Crippen molar-refractivity contribution in [3.63, 3.8) is 0 Å². The summed E-state index contributed by atoms with van der Waals surface area (Å²) >= 11 is 5.85. The van der Waals surface area contributed by atoms with Crippen molar-refractivity contribution in [2.24, 2.45) is 11.7 Å². The number of benzene rings is 1. The van der Waals surface area contributed by atoms with E-state index in [-0.39, 0.29) is 18.2 Å². The van der Waals surface area contributed by atoms with Crippen LogP contribution >= 0.6 is 24.0 Å². The van der Waals surface area contributed by atoms with Crippen molar-refractivity contribution >= 4 is 24.0 Å². The number of halogens is 3. The molecule has 2 nitrogen and oxygen atoms in total. The molecule has 0 spiro atoms. The Bertz CT molecular complexity index is 367. The van der Waals surface area contributed by atoms with Gasteiger partial charge in [0.15, 0.2) is 0 Å². The highest BCUT2D eigenvalue weighted by atomic mass is 35.5. The summed E-state index contributed by atoms with van der Waals surface area (Å²) in [6.45, 7) is 3.56. The van der Waals surface area contributed by atoms with Gasteiger partial charge in [0.05, 0.1) is 0 Å². The van der Waals surface area contributed by atoms with Gasteiger partial charge < -0.3 is 5.73 Å². The van der Waals surface area contributed by atoms with E-state index in [1.807, 2.05) is 6.07 Å². The van der Waals surface area contributed by atoms with E-state index >= 15 is 0 Å². The second-order valence-corrected chi connectivity index (χ2v) is 5.19. The van der Waals surface area contributed by atoms with E-state index in [2.05, 4.69) is 4.90 Å². The Kier molecular flexibility index (Phi) is 6.36. The first-order valence-electron chi connectivity index (χ1n) is 6.05. The van der Waals surface area contributed by atoms with Crippen LogP contribution in [0, 0.1) is 11.7 Å². The molecule has 1 atom stereocenters. The zero-order valence-electron chi connectivity index (χ0n) is 10.2. The van der Waals surface area contributed by atoms with Crippen molar-refractivity contribution in [3.8, 4) is 0 Å². The highest BCUT2D eigenvalue weighted by Gasteiger charge is 2.18. The van der Waals surface area contributed by atoms with E-state index in [1.54, 1.807) is 6.07 Å². The third-order valence-electron chi connectivity index (χ3n) is 3.26. The van der Waals surface area contributed by atoms with Crippen LogP contribution in [0.25, 0.3) is 0 Å². The van der Waals surface area contributed by atoms with Gasteiger partial charge in [-0.05, 0) is 55.6 Å². The molecule has 0 aliphatic carbocycles. The fourth-order valence-electron chi connectivity index (χ4n) is 2.45. The van der Waals surface area contributed by atoms with Gasteiger partial charge in [-0.3, -0.25) is 4.90 Å². The molecule has 1 aromatic rings. The molecule has 1 aromatic carbocycles. The predicted octanol–water partition coefficient (Wildman–Crippen LogP) is 3.07. The van der Waals surface area contributed by atoms with E-state index in [1.165, 1.54) is 18.9 Å². The molecule has 0 radical (unpaired) electrons. The number of rotatable bonds is 3. The Morgan fingerprint density at radius 2 is 2.17 bits per heavy atom. The summed E-state index contributed by atoms with van der Waals surface area (Å²) in [4.78, 5) is 2.33. The molecular formula is C13H19Cl2FN2. The largest absolute Gasteiger partial charge is 0.330 e. The summed E-state index contributed by atoms with van der Waals surface area (Å²) in [5, 5.41) is 0.465. The number of nitrogens with zero attached hydrogens (tertiary/aromatic N) is 1. The maximum Gasteiger partial charge on any atom is 0.125 e. The van der Waals surface area contributed by atoms with Crippen LogP contribution < -0.4 is 5.73 Å². The second kappa shape index (κ2) is 7.29. The zero-order valence-corrected chi connectivity index (χ0v) is 11.8. The number of hydrogen-bond donors (Lipinski definition) is 1. The van der Waals surface area contributed by atoms with Crippen molar-refractivity contribution in [2.75, 3.05) is 19.6 Å². The molecule has 102 valence electrons. The minimum atomic E-state index is -0.264. The van der Waals surface area contributed by atoms with Crippen LogP contribution in [-0.4, -0.2) is 24.5 Å². The van der Waals surface area contributed by atoms with Crippen LogP contribution in [0.4, 0.5) is 4.39 Å². The predicted molar refractivity (Wildman–Crippen MR) is 75.7 cm³/mol. The van der Waals surface area contributed by atoms with E-state index < -0.39 is 0 Å². The van der Waals surface area contributed by atoms with E-state index in [0.717, 1.165) is 31.7 Å². The number of likely N-dealkylation sites (tertiary alicyclic amines) is 1. The topological polar surface area (TPSA) is 29.3 Å². The molecule has 5 heteroatoms. The molecular weight excluding hydrogens is 274 g/mol. The molecule has 1 saturated heterocycles. The van der Waals surface area contributed by atoms with Gasteiger partial charge in [0.25, 0.3) is 0 Å². The number of piperidine rings is 1. The third-order valence-corrected chi connectivity index (χ3v) is 3.48. The first-order valence-corrected chi connectivity index (χ1v) is 6.42. The Balaban J connectivity index is 0.00000162. The molecule has 1 fully saturated rings. The molecule has 0 aromatic heterocycles. The van der Waals surface area contributed by atoms with Gasteiger partial charge in [0, 0.05) is 18.1 Å². The Labute approximate surface area is 119 Å². The van der Waals surface area contributed by atoms with E-state index in [4.69, 9.17) is 17.3 Å². The molecule has 2 rings (SSSR count). The monoisotopic (exact) mass is 292 g/mol. The lowest BCUT2D eigenvalue weighted by molar-refractivity contribution is 0.171. The van der Waals surface area contributed by atoms with Gasteiger partial charge in [-0.15, -0.1) is 12.4 Å². The molecule has 1 unspecified atom stereocenters. The van der Waals surface area contributed by atoms with Crippen molar-refractivity contribution < 1.29 is 4.39 Å². The lowest BCUT2D eigenvalue weighted by Crippen LogP contribution is -2.37. The fraction of sp³-hybridized carbons (Fsp3) is 0.538. The standard InChI is InChI=1S/C13H18ClFN2.ClH/c14-12-4-11(5-13(15)6-12)9-17-3-1-2-10(7-16)8-17;/h4-6,10H,1-3,7-9,16H2;1H. The van der Waals surface area contributed by atoms with Gasteiger partial charge in [0.2, 0.25) is 0 Å². The average molecular weight is 293 g/mol. The van der Waals surface area contributed by atoms with E-state index in [9.17, 15) is 4.39 Å². The second-order valence-electron chi connectivity index (χ2n) is 4.76. The molecule has 0 amide bonds. The van der Waals surface area contributed by atoms with Crippen LogP contribution in [0.2, 0.25) is 5.02 Å². The third kappa shape index (κ3) is 4.39. The SMILES string of the molecule is Cl.NCC1CCCN(Cc2cc(F)cc(Cl)c2)C1. The lowest BCUT2D eigenvalue weighted by Gasteiger charge is -2.32. The molecule has 18 heavy (non-hydrogen) atoms. The molecule has 0 saturated carbocycles. The van der Waals surface area contributed by atoms with Crippen LogP contribution in [0.5, 0.6) is 0 Å². The number of hydrogen-bond acceptors (Lipinski definition) is 2. The maximum atomic E-state index is 13.2. The van der Waals surface area contributed by atoms with Crippen molar-refractivity contribution in [1.29, 1.82) is 0 Å². The summed E-state index contributed by atoms with van der Waals surface area (Å²) in [6, 6.07) is 4.72. The van der Waals surface area contributed by atoms with Crippen LogP contribution in [-0.2, 0) is 6.54 Å². The first kappa shape index (κ1) is 15.7. The Hall–Kier alpha value is -0.350. The minimum Gasteiger partial charge on any atom is -0.330 e. The summed E-state index contributed by atoms with van der Waals surface area (Å²) in [7, 11) is 0. The van der Waals surface area contributed by atoms with Crippen LogP contribution in [0.3, 0.4) is 0 Å². The fourth-order valence-corrected chi connectivity index (χ4v) is 2.69. The van der Waals surface area contributed by atoms with Gasteiger partial charge in [-0.2, -0.15) is 0 Å². The smallest absolute Gasteiger partial charge is 0.125 e. The molecule has 2 N–H and O–H groups in total. The van der Waals surface area contributed by atoms with Gasteiger partial charge in [-0.25, -0.2) is 4.39 Å². The van der Waals surface area contributed by atoms with Gasteiger partial charge in [0.1, 0.15) is 5.82 Å². The highest BCUT2D eigenvalue weighted by molar-refractivity contribution is 6.30. The molecule has 1 aliphatic heterocycles. The number of nitrogens with two attached hydrogens (primary N) is 1. The first-order chi connectivity index (χ1) is 8.17. The average Bonchev–Trinajstić information content (AvgIpc) is 2.28. The molecule has 1 heterocycles. The Morgan fingerprint density at radius 1 is 1.39 bits per heavy atom. The maximum absolute atomic E-state index is 13.2. The summed E-state index contributed by atoms with van der Waals surface area (Å²) < 4.78 is 13.2. The summed E-state index contributed by atoms with van der Waals surface area (Å²) in [5.41, 5.74) is 6.64. The quantitative estimate of drug-likeness (QED) is 0.928. The van der Waals surface area contributed by atoms with Crippen molar-refractivity contribution in [3.05, 3.63) is 34.6 Å². The summed E-state index contributed by atoms with van der Waals surface area (Å²) in [5.74, 6) is 0.313. The lowest BCUT2D eigenvalue weighted by atomic mass is 9.98. The van der Waals surface area contributed by atoms with Gasteiger partial charge >= 0.3 is 0 Å². The van der Waals surface area contributed by atoms with Crippen molar-refractivity contribution in [2.45, 2.75) is 19.4 Å². The zero-order chi connectivity index (χ0) is 12.3. The molecule has 0 bridgehead atoms. The Morgan fingerprint density at radius 3 is 2.83 bits per heavy atom. The minimum absolute atomic E-state index is 0. The van der Waals surface area contributed by atoms with Crippen LogP contribution in [0.15, 0.2) is 18.2 Å². The van der Waals surface area contributed by atoms with Gasteiger partial charge in [-0.1, -0.05) is 11.6 Å². The normalized spacial score (nSPS) is 20.5. The summed E-state index contributed by atoms with van der Waals surface area (Å²) in [6.07, 6.45) is 2.38. The molecule has 1 aliphatic rings. The van der Waals surface area contributed by atoms with E-state index in [0.29, 0.717) is 10.9 Å².